The maximum absolute atomic E-state index is 10.8. The third-order valence-electron chi connectivity index (χ3n) is 5.09. The van der Waals surface area contributed by atoms with Crippen LogP contribution in [0.15, 0.2) is 29.3 Å². The van der Waals surface area contributed by atoms with Gasteiger partial charge in [-0.3, -0.25) is 15.0 Å². The Bertz CT molecular complexity index is 623. The minimum absolute atomic E-state index is 0.107. The molecule has 0 atom stereocenters. The molecule has 1 aliphatic carbocycles. The predicted octanol–water partition coefficient (Wildman–Crippen LogP) is 1.90. The van der Waals surface area contributed by atoms with Crippen molar-refractivity contribution in [3.8, 4) is 0 Å². The van der Waals surface area contributed by atoms with Gasteiger partial charge in [-0.15, -0.1) is 0 Å². The van der Waals surface area contributed by atoms with E-state index in [9.17, 15) is 10.1 Å². The SMILES string of the molecule is O=[N+]([O-])c1ccc(CN=C(NCCN2CCOCC2)NC2CCCC2)cc1. The van der Waals surface area contributed by atoms with E-state index < -0.39 is 0 Å². The van der Waals surface area contributed by atoms with Crippen molar-refractivity contribution in [1.29, 1.82) is 0 Å². The van der Waals surface area contributed by atoms with Crippen LogP contribution in [0.4, 0.5) is 5.69 Å². The van der Waals surface area contributed by atoms with E-state index in [1.807, 2.05) is 0 Å². The summed E-state index contributed by atoms with van der Waals surface area (Å²) in [6.07, 6.45) is 4.89. The van der Waals surface area contributed by atoms with Crippen LogP contribution in [0.3, 0.4) is 0 Å². The number of guanidine groups is 1. The van der Waals surface area contributed by atoms with Crippen molar-refractivity contribution >= 4 is 11.6 Å². The molecule has 2 fully saturated rings. The summed E-state index contributed by atoms with van der Waals surface area (Å²) in [7, 11) is 0. The summed E-state index contributed by atoms with van der Waals surface area (Å²) in [6.45, 7) is 5.87. The molecule has 2 N–H and O–H groups in total. The van der Waals surface area contributed by atoms with Gasteiger partial charge in [-0.25, -0.2) is 4.99 Å². The van der Waals surface area contributed by atoms with Gasteiger partial charge in [0.2, 0.25) is 0 Å². The summed E-state index contributed by atoms with van der Waals surface area (Å²) in [5.41, 5.74) is 1.07. The van der Waals surface area contributed by atoms with Gasteiger partial charge in [0.05, 0.1) is 24.7 Å². The summed E-state index contributed by atoms with van der Waals surface area (Å²) < 4.78 is 5.39. The van der Waals surface area contributed by atoms with E-state index in [4.69, 9.17) is 9.73 Å². The van der Waals surface area contributed by atoms with Gasteiger partial charge in [-0.1, -0.05) is 25.0 Å². The Morgan fingerprint density at radius 2 is 1.93 bits per heavy atom. The highest BCUT2D eigenvalue weighted by Crippen LogP contribution is 2.17. The van der Waals surface area contributed by atoms with Crippen LogP contribution in [-0.4, -0.2) is 61.2 Å². The summed E-state index contributed by atoms with van der Waals surface area (Å²) in [5, 5.41) is 17.7. The number of nitrogens with zero attached hydrogens (tertiary/aromatic N) is 3. The van der Waals surface area contributed by atoms with E-state index in [1.165, 1.54) is 37.8 Å². The standard InChI is InChI=1S/C19H29N5O3/c25-24(26)18-7-5-16(6-8-18)15-21-19(22-17-3-1-2-4-17)20-9-10-23-11-13-27-14-12-23/h5-8,17H,1-4,9-15H2,(H2,20,21,22). The molecular weight excluding hydrogens is 346 g/mol. The number of nitro groups is 1. The monoisotopic (exact) mass is 375 g/mol. The molecule has 1 aliphatic heterocycles. The molecular formula is C19H29N5O3. The van der Waals surface area contributed by atoms with Gasteiger partial charge in [-0.2, -0.15) is 0 Å². The number of hydrogen-bond donors (Lipinski definition) is 2. The van der Waals surface area contributed by atoms with Gasteiger partial charge in [0.25, 0.3) is 5.69 Å². The van der Waals surface area contributed by atoms with Crippen molar-refractivity contribution in [2.75, 3.05) is 39.4 Å². The first-order valence-corrected chi connectivity index (χ1v) is 9.79. The lowest BCUT2D eigenvalue weighted by molar-refractivity contribution is -0.384. The Morgan fingerprint density at radius 1 is 1.22 bits per heavy atom. The number of morpholine rings is 1. The summed E-state index contributed by atoms with van der Waals surface area (Å²) >= 11 is 0. The molecule has 0 unspecified atom stereocenters. The summed E-state index contributed by atoms with van der Waals surface area (Å²) in [6, 6.07) is 7.07. The van der Waals surface area contributed by atoms with Crippen molar-refractivity contribution in [2.24, 2.45) is 4.99 Å². The first-order valence-electron chi connectivity index (χ1n) is 9.79. The van der Waals surface area contributed by atoms with E-state index in [0.29, 0.717) is 12.6 Å². The number of aliphatic imine (C=N–C) groups is 1. The fourth-order valence-electron chi connectivity index (χ4n) is 3.47. The van der Waals surface area contributed by atoms with Gasteiger partial charge in [0.1, 0.15) is 0 Å². The molecule has 0 amide bonds. The molecule has 1 heterocycles. The van der Waals surface area contributed by atoms with Crippen LogP contribution in [0.2, 0.25) is 0 Å². The van der Waals surface area contributed by atoms with Crippen molar-refractivity contribution in [1.82, 2.24) is 15.5 Å². The Balaban J connectivity index is 1.54. The molecule has 0 bridgehead atoms. The highest BCUT2D eigenvalue weighted by molar-refractivity contribution is 5.80. The molecule has 8 heteroatoms. The lowest BCUT2D eigenvalue weighted by Gasteiger charge is -2.27. The summed E-state index contributed by atoms with van der Waals surface area (Å²) in [5.74, 6) is 0.827. The summed E-state index contributed by atoms with van der Waals surface area (Å²) in [4.78, 5) is 17.5. The minimum Gasteiger partial charge on any atom is -0.379 e. The first-order chi connectivity index (χ1) is 13.2. The third kappa shape index (κ3) is 6.48. The van der Waals surface area contributed by atoms with Gasteiger partial charge in [0, 0.05) is 44.4 Å². The molecule has 3 rings (SSSR count). The molecule has 1 saturated heterocycles. The number of rotatable bonds is 7. The van der Waals surface area contributed by atoms with Crippen LogP contribution in [0.5, 0.6) is 0 Å². The number of benzene rings is 1. The predicted molar refractivity (Wildman–Crippen MR) is 105 cm³/mol. The minimum atomic E-state index is -0.382. The number of hydrogen-bond acceptors (Lipinski definition) is 5. The quantitative estimate of drug-likeness (QED) is 0.327. The number of nitrogens with one attached hydrogen (secondary N) is 2. The molecule has 27 heavy (non-hydrogen) atoms. The van der Waals surface area contributed by atoms with Crippen LogP contribution in [0.25, 0.3) is 0 Å². The van der Waals surface area contributed by atoms with Crippen LogP contribution < -0.4 is 10.6 Å². The van der Waals surface area contributed by atoms with Crippen LogP contribution in [0, 0.1) is 10.1 Å². The van der Waals surface area contributed by atoms with E-state index in [1.54, 1.807) is 12.1 Å². The maximum atomic E-state index is 10.8. The van der Waals surface area contributed by atoms with Crippen LogP contribution in [0.1, 0.15) is 31.2 Å². The van der Waals surface area contributed by atoms with E-state index >= 15 is 0 Å². The lowest BCUT2D eigenvalue weighted by Crippen LogP contribution is -2.46. The molecule has 148 valence electrons. The largest absolute Gasteiger partial charge is 0.379 e. The highest BCUT2D eigenvalue weighted by atomic mass is 16.6. The smallest absolute Gasteiger partial charge is 0.269 e. The zero-order chi connectivity index (χ0) is 18.9. The van der Waals surface area contributed by atoms with Crippen molar-refractivity contribution in [2.45, 2.75) is 38.3 Å². The maximum Gasteiger partial charge on any atom is 0.269 e. The third-order valence-corrected chi connectivity index (χ3v) is 5.09. The second-order valence-corrected chi connectivity index (χ2v) is 7.09. The Hall–Kier alpha value is -2.19. The molecule has 8 nitrogen and oxygen atoms in total. The Kier molecular flexibility index (Phi) is 7.41. The van der Waals surface area contributed by atoms with Crippen molar-refractivity contribution in [3.05, 3.63) is 39.9 Å². The van der Waals surface area contributed by atoms with E-state index in [-0.39, 0.29) is 10.6 Å². The number of non-ortho nitro benzene ring substituents is 1. The lowest BCUT2D eigenvalue weighted by atomic mass is 10.2. The first kappa shape index (κ1) is 19.6. The Morgan fingerprint density at radius 3 is 2.59 bits per heavy atom. The fourth-order valence-corrected chi connectivity index (χ4v) is 3.47. The van der Waals surface area contributed by atoms with Gasteiger partial charge >= 0.3 is 0 Å². The second-order valence-electron chi connectivity index (χ2n) is 7.09. The number of nitro benzene ring substituents is 1. The van der Waals surface area contributed by atoms with Crippen LogP contribution in [-0.2, 0) is 11.3 Å². The average Bonchev–Trinajstić information content (AvgIpc) is 3.20. The van der Waals surface area contributed by atoms with Crippen LogP contribution >= 0.6 is 0 Å². The average molecular weight is 375 g/mol. The molecule has 0 aromatic heterocycles. The van der Waals surface area contributed by atoms with E-state index in [2.05, 4.69) is 15.5 Å². The molecule has 1 aromatic rings. The second kappa shape index (κ2) is 10.2. The van der Waals surface area contributed by atoms with Gasteiger partial charge in [0.15, 0.2) is 5.96 Å². The van der Waals surface area contributed by atoms with Gasteiger partial charge < -0.3 is 15.4 Å². The number of ether oxygens (including phenoxy) is 1. The molecule has 0 spiro atoms. The molecule has 1 aromatic carbocycles. The van der Waals surface area contributed by atoms with Gasteiger partial charge in [-0.05, 0) is 18.4 Å². The molecule has 2 aliphatic rings. The van der Waals surface area contributed by atoms with E-state index in [0.717, 1.165) is 50.9 Å². The zero-order valence-electron chi connectivity index (χ0n) is 15.7. The topological polar surface area (TPSA) is 92.0 Å². The molecule has 0 radical (unpaired) electrons. The molecule has 1 saturated carbocycles. The highest BCUT2D eigenvalue weighted by Gasteiger charge is 2.16. The fraction of sp³-hybridized carbons (Fsp3) is 0.632. The van der Waals surface area contributed by atoms with Crippen molar-refractivity contribution in [3.63, 3.8) is 0 Å². The zero-order valence-corrected chi connectivity index (χ0v) is 15.7. The normalized spacial score (nSPS) is 19.2. The Labute approximate surface area is 160 Å². The van der Waals surface area contributed by atoms with Crippen molar-refractivity contribution < 1.29 is 9.66 Å².